The van der Waals surface area contributed by atoms with Crippen LogP contribution >= 0.6 is 0 Å². The largest absolute Gasteiger partial charge is 0.419 e. The molecule has 0 aromatic carbocycles. The van der Waals surface area contributed by atoms with Crippen LogP contribution in [0.2, 0.25) is 0 Å². The molecule has 0 saturated carbocycles. The van der Waals surface area contributed by atoms with Crippen molar-refractivity contribution >= 4 is 5.82 Å². The van der Waals surface area contributed by atoms with E-state index < -0.39 is 11.7 Å². The maximum atomic E-state index is 12.6. The quantitative estimate of drug-likeness (QED) is 0.758. The van der Waals surface area contributed by atoms with Crippen LogP contribution in [0.3, 0.4) is 0 Å². The van der Waals surface area contributed by atoms with Crippen LogP contribution in [0, 0.1) is 0 Å². The van der Waals surface area contributed by atoms with E-state index in [2.05, 4.69) is 15.6 Å². The average Bonchev–Trinajstić information content (AvgIpc) is 2.28. The summed E-state index contributed by atoms with van der Waals surface area (Å²) in [6.07, 6.45) is -2.03. The average molecular weight is 247 g/mol. The van der Waals surface area contributed by atoms with Crippen molar-refractivity contribution in [3.05, 3.63) is 23.9 Å². The van der Waals surface area contributed by atoms with Crippen molar-refractivity contribution in [1.82, 2.24) is 10.3 Å². The number of hydrogen-bond donors (Lipinski definition) is 2. The minimum atomic E-state index is -4.37. The third-order valence-corrected chi connectivity index (χ3v) is 2.13. The zero-order valence-corrected chi connectivity index (χ0v) is 9.64. The van der Waals surface area contributed by atoms with Crippen LogP contribution < -0.4 is 10.6 Å². The molecule has 0 radical (unpaired) electrons. The van der Waals surface area contributed by atoms with Crippen molar-refractivity contribution in [3.8, 4) is 0 Å². The molecule has 0 amide bonds. The van der Waals surface area contributed by atoms with Gasteiger partial charge in [-0.3, -0.25) is 0 Å². The maximum absolute atomic E-state index is 12.6. The van der Waals surface area contributed by atoms with Crippen molar-refractivity contribution in [2.75, 3.05) is 25.0 Å². The standard InChI is InChI=1S/C11H16F3N3/c1-2-5-15-7-8-17-10-9(11(12,13)14)4-3-6-16-10/h3-4,6,15H,2,5,7-8H2,1H3,(H,16,17). The third-order valence-electron chi connectivity index (χ3n) is 2.13. The second-order valence-electron chi connectivity index (χ2n) is 3.57. The van der Waals surface area contributed by atoms with Crippen LogP contribution in [0.25, 0.3) is 0 Å². The highest BCUT2D eigenvalue weighted by molar-refractivity contribution is 5.45. The molecule has 17 heavy (non-hydrogen) atoms. The summed E-state index contributed by atoms with van der Waals surface area (Å²) in [5.41, 5.74) is -0.726. The molecule has 1 rings (SSSR count). The van der Waals surface area contributed by atoms with E-state index in [1.165, 1.54) is 12.3 Å². The molecule has 0 bridgehead atoms. The number of nitrogens with one attached hydrogen (secondary N) is 2. The summed E-state index contributed by atoms with van der Waals surface area (Å²) in [5.74, 6) is -0.113. The number of pyridine rings is 1. The third kappa shape index (κ3) is 4.60. The highest BCUT2D eigenvalue weighted by atomic mass is 19.4. The molecule has 0 fully saturated rings. The van der Waals surface area contributed by atoms with Crippen LogP contribution in [0.5, 0.6) is 0 Å². The minimum Gasteiger partial charge on any atom is -0.368 e. The van der Waals surface area contributed by atoms with Gasteiger partial charge in [0.05, 0.1) is 5.56 Å². The Morgan fingerprint density at radius 1 is 1.24 bits per heavy atom. The van der Waals surface area contributed by atoms with E-state index >= 15 is 0 Å². The number of alkyl halides is 3. The lowest BCUT2D eigenvalue weighted by atomic mass is 10.2. The number of anilines is 1. The molecule has 1 aromatic rings. The lowest BCUT2D eigenvalue weighted by Crippen LogP contribution is -2.24. The highest BCUT2D eigenvalue weighted by Crippen LogP contribution is 2.33. The summed E-state index contributed by atoms with van der Waals surface area (Å²) < 4.78 is 37.7. The van der Waals surface area contributed by atoms with Gasteiger partial charge in [-0.1, -0.05) is 6.92 Å². The first-order valence-corrected chi connectivity index (χ1v) is 5.52. The molecule has 0 aliphatic heterocycles. The summed E-state index contributed by atoms with van der Waals surface area (Å²) in [4.78, 5) is 3.70. The second-order valence-corrected chi connectivity index (χ2v) is 3.57. The number of halogens is 3. The van der Waals surface area contributed by atoms with E-state index in [1.807, 2.05) is 6.92 Å². The molecule has 1 aromatic heterocycles. The smallest absolute Gasteiger partial charge is 0.368 e. The molecule has 96 valence electrons. The molecule has 0 aliphatic rings. The lowest BCUT2D eigenvalue weighted by Gasteiger charge is -2.13. The van der Waals surface area contributed by atoms with Gasteiger partial charge in [0.15, 0.2) is 0 Å². The Labute approximate surface area is 98.4 Å². The van der Waals surface area contributed by atoms with E-state index in [1.54, 1.807) is 0 Å². The minimum absolute atomic E-state index is 0.113. The summed E-state index contributed by atoms with van der Waals surface area (Å²) >= 11 is 0. The molecule has 0 saturated heterocycles. The molecule has 0 unspecified atom stereocenters. The van der Waals surface area contributed by atoms with Gasteiger partial charge >= 0.3 is 6.18 Å². The summed E-state index contributed by atoms with van der Waals surface area (Å²) in [6.45, 7) is 3.92. The number of aromatic nitrogens is 1. The Balaban J connectivity index is 2.53. The van der Waals surface area contributed by atoms with Crippen LogP contribution in [-0.4, -0.2) is 24.6 Å². The van der Waals surface area contributed by atoms with E-state index in [-0.39, 0.29) is 5.82 Å². The van der Waals surface area contributed by atoms with Crippen LogP contribution in [0.15, 0.2) is 18.3 Å². The van der Waals surface area contributed by atoms with Crippen molar-refractivity contribution in [2.45, 2.75) is 19.5 Å². The normalized spacial score (nSPS) is 11.5. The fourth-order valence-corrected chi connectivity index (χ4v) is 1.35. The second kappa shape index (κ2) is 6.44. The Morgan fingerprint density at radius 2 is 2.00 bits per heavy atom. The predicted molar refractivity (Wildman–Crippen MR) is 60.9 cm³/mol. The zero-order valence-electron chi connectivity index (χ0n) is 9.64. The van der Waals surface area contributed by atoms with Gasteiger partial charge < -0.3 is 10.6 Å². The van der Waals surface area contributed by atoms with E-state index in [0.29, 0.717) is 13.1 Å². The fourth-order valence-electron chi connectivity index (χ4n) is 1.35. The number of rotatable bonds is 6. The Hall–Kier alpha value is -1.30. The van der Waals surface area contributed by atoms with Gasteiger partial charge in [-0.25, -0.2) is 4.98 Å². The van der Waals surface area contributed by atoms with Gasteiger partial charge in [0.25, 0.3) is 0 Å². The molecule has 3 nitrogen and oxygen atoms in total. The number of hydrogen-bond acceptors (Lipinski definition) is 3. The SMILES string of the molecule is CCCNCCNc1ncccc1C(F)(F)F. The van der Waals surface area contributed by atoms with E-state index in [4.69, 9.17) is 0 Å². The lowest BCUT2D eigenvalue weighted by molar-refractivity contribution is -0.137. The van der Waals surface area contributed by atoms with Crippen LogP contribution in [0.4, 0.5) is 19.0 Å². The number of nitrogens with zero attached hydrogens (tertiary/aromatic N) is 1. The van der Waals surface area contributed by atoms with Gasteiger partial charge in [-0.2, -0.15) is 13.2 Å². The van der Waals surface area contributed by atoms with Crippen molar-refractivity contribution in [2.24, 2.45) is 0 Å². The maximum Gasteiger partial charge on any atom is 0.419 e. The van der Waals surface area contributed by atoms with E-state index in [9.17, 15) is 13.2 Å². The molecule has 0 aliphatic carbocycles. The highest BCUT2D eigenvalue weighted by Gasteiger charge is 2.33. The Kier molecular flexibility index (Phi) is 5.21. The summed E-state index contributed by atoms with van der Waals surface area (Å²) in [6, 6.07) is 2.30. The zero-order chi connectivity index (χ0) is 12.7. The van der Waals surface area contributed by atoms with Gasteiger partial charge in [-0.15, -0.1) is 0 Å². The molecule has 0 atom stereocenters. The van der Waals surface area contributed by atoms with Crippen molar-refractivity contribution < 1.29 is 13.2 Å². The first-order valence-electron chi connectivity index (χ1n) is 5.52. The van der Waals surface area contributed by atoms with Crippen molar-refractivity contribution in [3.63, 3.8) is 0 Å². The molecular weight excluding hydrogens is 231 g/mol. The van der Waals surface area contributed by atoms with Gasteiger partial charge in [0.2, 0.25) is 0 Å². The van der Waals surface area contributed by atoms with E-state index in [0.717, 1.165) is 19.0 Å². The molecule has 6 heteroatoms. The van der Waals surface area contributed by atoms with Crippen molar-refractivity contribution in [1.29, 1.82) is 0 Å². The Morgan fingerprint density at radius 3 is 2.65 bits per heavy atom. The first-order chi connectivity index (χ1) is 8.05. The van der Waals surface area contributed by atoms with Crippen LogP contribution in [-0.2, 0) is 6.18 Å². The monoisotopic (exact) mass is 247 g/mol. The Bertz CT molecular complexity index is 339. The predicted octanol–water partition coefficient (Wildman–Crippen LogP) is 2.51. The fraction of sp³-hybridized carbons (Fsp3) is 0.545. The summed E-state index contributed by atoms with van der Waals surface area (Å²) in [7, 11) is 0. The first kappa shape index (κ1) is 13.8. The van der Waals surface area contributed by atoms with Gasteiger partial charge in [-0.05, 0) is 25.1 Å². The molecule has 2 N–H and O–H groups in total. The summed E-state index contributed by atoms with van der Waals surface area (Å²) in [5, 5.41) is 5.78. The molecule has 1 heterocycles. The molecular formula is C11H16F3N3. The van der Waals surface area contributed by atoms with Crippen LogP contribution in [0.1, 0.15) is 18.9 Å². The molecule has 0 spiro atoms. The van der Waals surface area contributed by atoms with Gasteiger partial charge in [0.1, 0.15) is 5.82 Å². The van der Waals surface area contributed by atoms with Gasteiger partial charge in [0, 0.05) is 19.3 Å². The topological polar surface area (TPSA) is 37.0 Å².